The van der Waals surface area contributed by atoms with Gasteiger partial charge in [-0.1, -0.05) is 0 Å². The van der Waals surface area contributed by atoms with Gasteiger partial charge in [0.05, 0.1) is 26.7 Å². The van der Waals surface area contributed by atoms with E-state index in [2.05, 4.69) is 15.3 Å². The van der Waals surface area contributed by atoms with Crippen LogP contribution in [0.2, 0.25) is 0 Å². The van der Waals surface area contributed by atoms with Crippen LogP contribution in [0.5, 0.6) is 11.5 Å². The van der Waals surface area contributed by atoms with Gasteiger partial charge in [-0.15, -0.1) is 0 Å². The minimum absolute atomic E-state index is 0.0366. The van der Waals surface area contributed by atoms with Crippen LogP contribution in [0, 0.1) is 13.8 Å². The molecular formula is C18H23N3O4. The molecule has 0 bridgehead atoms. The molecule has 1 amide bonds. The second kappa shape index (κ2) is 7.83. The van der Waals surface area contributed by atoms with Gasteiger partial charge in [0, 0.05) is 16.8 Å². The fraction of sp³-hybridized carbons (Fsp3) is 0.389. The largest absolute Gasteiger partial charge is 0.497 e. The van der Waals surface area contributed by atoms with Crippen molar-refractivity contribution in [1.29, 1.82) is 0 Å². The van der Waals surface area contributed by atoms with Crippen LogP contribution in [0.15, 0.2) is 23.0 Å². The van der Waals surface area contributed by atoms with E-state index in [1.807, 2.05) is 13.0 Å². The summed E-state index contributed by atoms with van der Waals surface area (Å²) in [6, 6.07) is 5.08. The summed E-state index contributed by atoms with van der Waals surface area (Å²) in [4.78, 5) is 31.2. The normalized spacial score (nSPS) is 11.7. The second-order valence-electron chi connectivity index (χ2n) is 5.79. The summed E-state index contributed by atoms with van der Waals surface area (Å²) in [5.74, 6) is 1.59. The van der Waals surface area contributed by atoms with Crippen molar-refractivity contribution >= 4 is 5.91 Å². The standard InChI is InChI=1S/C18H23N3O4/c1-10(14-8-13(24-4)6-7-16(14)25-5)20-17(22)9-15-11(2)19-12(3)21-18(15)23/h6-8,10H,9H2,1-5H3,(H,20,22)(H,19,21,23). The van der Waals surface area contributed by atoms with Gasteiger partial charge < -0.3 is 19.8 Å². The van der Waals surface area contributed by atoms with Gasteiger partial charge in [-0.25, -0.2) is 4.98 Å². The first-order valence-corrected chi connectivity index (χ1v) is 7.93. The number of methoxy groups -OCH3 is 2. The summed E-state index contributed by atoms with van der Waals surface area (Å²) in [5.41, 5.74) is 1.44. The molecule has 7 heteroatoms. The molecule has 0 radical (unpaired) electrons. The molecule has 25 heavy (non-hydrogen) atoms. The van der Waals surface area contributed by atoms with E-state index >= 15 is 0 Å². The fourth-order valence-corrected chi connectivity index (χ4v) is 2.67. The Balaban J connectivity index is 2.17. The average Bonchev–Trinajstić information content (AvgIpc) is 2.57. The van der Waals surface area contributed by atoms with Crippen molar-refractivity contribution in [2.45, 2.75) is 33.2 Å². The van der Waals surface area contributed by atoms with Crippen molar-refractivity contribution in [3.05, 3.63) is 51.2 Å². The number of benzene rings is 1. The van der Waals surface area contributed by atoms with Crippen LogP contribution in [0.4, 0.5) is 0 Å². The number of carbonyl (C=O) groups is 1. The lowest BCUT2D eigenvalue weighted by atomic mass is 10.1. The Morgan fingerprint density at radius 1 is 1.28 bits per heavy atom. The van der Waals surface area contributed by atoms with E-state index in [1.54, 1.807) is 40.2 Å². The Morgan fingerprint density at radius 3 is 2.60 bits per heavy atom. The number of nitrogens with zero attached hydrogens (tertiary/aromatic N) is 1. The third kappa shape index (κ3) is 4.37. The van der Waals surface area contributed by atoms with E-state index < -0.39 is 0 Å². The number of hydrogen-bond donors (Lipinski definition) is 2. The Bertz CT molecular complexity index is 830. The highest BCUT2D eigenvalue weighted by Crippen LogP contribution is 2.29. The molecule has 1 atom stereocenters. The summed E-state index contributed by atoms with van der Waals surface area (Å²) in [6.45, 7) is 5.27. The maximum absolute atomic E-state index is 12.4. The van der Waals surface area contributed by atoms with Crippen LogP contribution in [-0.2, 0) is 11.2 Å². The van der Waals surface area contributed by atoms with Gasteiger partial charge in [0.2, 0.25) is 5.91 Å². The molecule has 0 saturated carbocycles. The fourth-order valence-electron chi connectivity index (χ4n) is 2.67. The van der Waals surface area contributed by atoms with E-state index in [1.165, 1.54) is 0 Å². The zero-order chi connectivity index (χ0) is 18.6. The molecule has 0 aliphatic carbocycles. The van der Waals surface area contributed by atoms with Gasteiger partial charge in [-0.2, -0.15) is 0 Å². The van der Waals surface area contributed by atoms with Crippen LogP contribution in [0.3, 0.4) is 0 Å². The topological polar surface area (TPSA) is 93.3 Å². The van der Waals surface area contributed by atoms with Crippen LogP contribution in [0.1, 0.15) is 35.6 Å². The van der Waals surface area contributed by atoms with Crippen molar-refractivity contribution in [1.82, 2.24) is 15.3 Å². The molecule has 134 valence electrons. The molecule has 0 fully saturated rings. The molecule has 1 aromatic carbocycles. The smallest absolute Gasteiger partial charge is 0.254 e. The van der Waals surface area contributed by atoms with Crippen LogP contribution >= 0.6 is 0 Å². The third-order valence-corrected chi connectivity index (χ3v) is 3.96. The van der Waals surface area contributed by atoms with Crippen molar-refractivity contribution in [2.75, 3.05) is 14.2 Å². The highest BCUT2D eigenvalue weighted by Gasteiger charge is 2.17. The van der Waals surface area contributed by atoms with Crippen molar-refractivity contribution in [3.8, 4) is 11.5 Å². The maximum atomic E-state index is 12.4. The number of amides is 1. The number of nitrogens with one attached hydrogen (secondary N) is 2. The number of ether oxygens (including phenoxy) is 2. The second-order valence-corrected chi connectivity index (χ2v) is 5.79. The molecular weight excluding hydrogens is 322 g/mol. The monoisotopic (exact) mass is 345 g/mol. The number of aryl methyl sites for hydroxylation is 2. The number of H-pyrrole nitrogens is 1. The Hall–Kier alpha value is -2.83. The molecule has 0 aliphatic rings. The summed E-state index contributed by atoms with van der Waals surface area (Å²) in [5, 5.41) is 2.88. The lowest BCUT2D eigenvalue weighted by molar-refractivity contribution is -0.121. The van der Waals surface area contributed by atoms with Crippen molar-refractivity contribution in [2.24, 2.45) is 0 Å². The highest BCUT2D eigenvalue weighted by atomic mass is 16.5. The maximum Gasteiger partial charge on any atom is 0.254 e. The van der Waals surface area contributed by atoms with Gasteiger partial charge >= 0.3 is 0 Å². The molecule has 2 rings (SSSR count). The first-order valence-electron chi connectivity index (χ1n) is 7.93. The van der Waals surface area contributed by atoms with E-state index in [9.17, 15) is 9.59 Å². The van der Waals surface area contributed by atoms with Gasteiger partial charge in [0.25, 0.3) is 5.56 Å². The molecule has 0 spiro atoms. The lowest BCUT2D eigenvalue weighted by Gasteiger charge is -2.18. The summed E-state index contributed by atoms with van der Waals surface area (Å²) < 4.78 is 10.6. The molecule has 1 aromatic heterocycles. The molecule has 2 N–H and O–H groups in total. The molecule has 2 aromatic rings. The van der Waals surface area contributed by atoms with E-state index in [0.29, 0.717) is 28.6 Å². The van der Waals surface area contributed by atoms with Gasteiger partial charge in [0.1, 0.15) is 17.3 Å². The van der Waals surface area contributed by atoms with Gasteiger partial charge in [0.15, 0.2) is 0 Å². The predicted molar refractivity (Wildman–Crippen MR) is 94.1 cm³/mol. The first kappa shape index (κ1) is 18.5. The number of hydrogen-bond acceptors (Lipinski definition) is 5. The summed E-state index contributed by atoms with van der Waals surface area (Å²) >= 11 is 0. The first-order chi connectivity index (χ1) is 11.8. The van der Waals surface area contributed by atoms with Crippen molar-refractivity contribution in [3.63, 3.8) is 0 Å². The van der Waals surface area contributed by atoms with Gasteiger partial charge in [-0.3, -0.25) is 9.59 Å². The molecule has 0 aliphatic heterocycles. The number of rotatable bonds is 6. The Kier molecular flexibility index (Phi) is 5.80. The molecule has 1 heterocycles. The number of aromatic nitrogens is 2. The minimum Gasteiger partial charge on any atom is -0.497 e. The third-order valence-electron chi connectivity index (χ3n) is 3.96. The lowest BCUT2D eigenvalue weighted by Crippen LogP contribution is -2.31. The quantitative estimate of drug-likeness (QED) is 0.833. The Labute approximate surface area is 146 Å². The average molecular weight is 345 g/mol. The van der Waals surface area contributed by atoms with E-state index in [0.717, 1.165) is 5.56 Å². The predicted octanol–water partition coefficient (Wildman–Crippen LogP) is 1.82. The Morgan fingerprint density at radius 2 is 2.00 bits per heavy atom. The summed E-state index contributed by atoms with van der Waals surface area (Å²) in [6.07, 6.45) is -0.0366. The van der Waals surface area contributed by atoms with E-state index in [-0.39, 0.29) is 23.9 Å². The zero-order valence-electron chi connectivity index (χ0n) is 15.1. The van der Waals surface area contributed by atoms with Crippen LogP contribution in [-0.4, -0.2) is 30.1 Å². The summed E-state index contributed by atoms with van der Waals surface area (Å²) in [7, 11) is 3.15. The van der Waals surface area contributed by atoms with Crippen LogP contribution < -0.4 is 20.3 Å². The molecule has 0 saturated heterocycles. The van der Waals surface area contributed by atoms with E-state index in [4.69, 9.17) is 9.47 Å². The van der Waals surface area contributed by atoms with Crippen molar-refractivity contribution < 1.29 is 14.3 Å². The number of aromatic amines is 1. The number of carbonyl (C=O) groups excluding carboxylic acids is 1. The molecule has 1 unspecified atom stereocenters. The van der Waals surface area contributed by atoms with Gasteiger partial charge in [-0.05, 0) is 39.0 Å². The molecule has 7 nitrogen and oxygen atoms in total. The highest BCUT2D eigenvalue weighted by molar-refractivity contribution is 5.79. The van der Waals surface area contributed by atoms with Crippen LogP contribution in [0.25, 0.3) is 0 Å². The SMILES string of the molecule is COc1ccc(OC)c(C(C)NC(=O)Cc2c(C)nc(C)[nH]c2=O)c1. The minimum atomic E-state index is -0.310. The zero-order valence-corrected chi connectivity index (χ0v) is 15.1.